The van der Waals surface area contributed by atoms with Gasteiger partial charge in [-0.2, -0.15) is 0 Å². The van der Waals surface area contributed by atoms with Gasteiger partial charge in [0.2, 0.25) is 0 Å². The highest BCUT2D eigenvalue weighted by Crippen LogP contribution is 2.25. The highest BCUT2D eigenvalue weighted by atomic mass is 79.9. The number of thiazole rings is 1. The standard InChI is InChI=1S/C14H17BrN2S/c1-3-17-14(7-12-8-16-9-18-12)11-5-4-10(2)13(15)6-11/h4-6,8-9,14,17H,3,7H2,1-2H3. The van der Waals surface area contributed by atoms with Crippen molar-refractivity contribution in [2.45, 2.75) is 26.3 Å². The van der Waals surface area contributed by atoms with Crippen molar-refractivity contribution in [3.8, 4) is 0 Å². The molecule has 0 saturated heterocycles. The molecule has 0 saturated carbocycles. The van der Waals surface area contributed by atoms with Crippen LogP contribution in [0.4, 0.5) is 0 Å². The lowest BCUT2D eigenvalue weighted by atomic mass is 10.0. The van der Waals surface area contributed by atoms with Crippen LogP contribution in [0.25, 0.3) is 0 Å². The molecule has 0 amide bonds. The summed E-state index contributed by atoms with van der Waals surface area (Å²) in [6.07, 6.45) is 2.95. The van der Waals surface area contributed by atoms with Crippen LogP contribution >= 0.6 is 27.3 Å². The van der Waals surface area contributed by atoms with E-state index in [4.69, 9.17) is 0 Å². The van der Waals surface area contributed by atoms with Gasteiger partial charge in [0.15, 0.2) is 0 Å². The molecule has 1 aromatic heterocycles. The lowest BCUT2D eigenvalue weighted by Crippen LogP contribution is -2.22. The van der Waals surface area contributed by atoms with Crippen molar-refractivity contribution in [3.05, 3.63) is 50.4 Å². The summed E-state index contributed by atoms with van der Waals surface area (Å²) in [7, 11) is 0. The van der Waals surface area contributed by atoms with Crippen LogP contribution in [0.5, 0.6) is 0 Å². The Hall–Kier alpha value is -0.710. The fourth-order valence-electron chi connectivity index (χ4n) is 1.92. The summed E-state index contributed by atoms with van der Waals surface area (Å²) in [6.45, 7) is 5.22. The number of benzene rings is 1. The van der Waals surface area contributed by atoms with Gasteiger partial charge in [0.1, 0.15) is 0 Å². The van der Waals surface area contributed by atoms with Gasteiger partial charge in [-0.25, -0.2) is 0 Å². The smallest absolute Gasteiger partial charge is 0.0794 e. The van der Waals surface area contributed by atoms with Crippen LogP contribution in [-0.4, -0.2) is 11.5 Å². The number of likely N-dealkylation sites (N-methyl/N-ethyl adjacent to an activating group) is 1. The van der Waals surface area contributed by atoms with Crippen molar-refractivity contribution in [2.75, 3.05) is 6.54 Å². The van der Waals surface area contributed by atoms with Gasteiger partial charge in [0, 0.05) is 28.0 Å². The van der Waals surface area contributed by atoms with Gasteiger partial charge in [-0.1, -0.05) is 35.0 Å². The molecule has 1 heterocycles. The quantitative estimate of drug-likeness (QED) is 0.895. The molecular weight excluding hydrogens is 308 g/mol. The third-order valence-electron chi connectivity index (χ3n) is 2.94. The number of nitrogens with zero attached hydrogens (tertiary/aromatic N) is 1. The SMILES string of the molecule is CCNC(Cc1cncs1)c1ccc(C)c(Br)c1. The van der Waals surface area contributed by atoms with Crippen LogP contribution < -0.4 is 5.32 Å². The van der Waals surface area contributed by atoms with E-state index in [-0.39, 0.29) is 0 Å². The molecule has 4 heteroatoms. The summed E-state index contributed by atoms with van der Waals surface area (Å²) >= 11 is 5.32. The average molecular weight is 325 g/mol. The molecule has 0 aliphatic rings. The molecule has 1 atom stereocenters. The minimum absolute atomic E-state index is 0.354. The van der Waals surface area contributed by atoms with Crippen LogP contribution in [0.1, 0.15) is 29.0 Å². The van der Waals surface area contributed by atoms with E-state index in [0.29, 0.717) is 6.04 Å². The van der Waals surface area contributed by atoms with Gasteiger partial charge >= 0.3 is 0 Å². The number of aromatic nitrogens is 1. The first-order valence-electron chi connectivity index (χ1n) is 6.07. The highest BCUT2D eigenvalue weighted by molar-refractivity contribution is 9.10. The second-order valence-electron chi connectivity index (χ2n) is 4.29. The Morgan fingerprint density at radius 2 is 2.28 bits per heavy atom. The largest absolute Gasteiger partial charge is 0.310 e. The zero-order valence-corrected chi connectivity index (χ0v) is 13.0. The maximum absolute atomic E-state index is 4.14. The first-order valence-corrected chi connectivity index (χ1v) is 7.74. The van der Waals surface area contributed by atoms with Crippen LogP contribution in [0, 0.1) is 6.92 Å². The van der Waals surface area contributed by atoms with Gasteiger partial charge < -0.3 is 5.32 Å². The molecule has 0 fully saturated rings. The number of rotatable bonds is 5. The minimum Gasteiger partial charge on any atom is -0.310 e. The van der Waals surface area contributed by atoms with Crippen LogP contribution in [0.3, 0.4) is 0 Å². The van der Waals surface area contributed by atoms with Crippen molar-refractivity contribution in [1.29, 1.82) is 0 Å². The molecule has 0 spiro atoms. The number of hydrogen-bond donors (Lipinski definition) is 1. The normalized spacial score (nSPS) is 12.6. The van der Waals surface area contributed by atoms with Crippen molar-refractivity contribution in [1.82, 2.24) is 10.3 Å². The van der Waals surface area contributed by atoms with E-state index in [1.807, 2.05) is 11.7 Å². The summed E-state index contributed by atoms with van der Waals surface area (Å²) in [5.74, 6) is 0. The highest BCUT2D eigenvalue weighted by Gasteiger charge is 2.13. The van der Waals surface area contributed by atoms with E-state index < -0.39 is 0 Å². The van der Waals surface area contributed by atoms with E-state index in [0.717, 1.165) is 13.0 Å². The van der Waals surface area contributed by atoms with E-state index in [2.05, 4.69) is 58.3 Å². The Labute approximate surface area is 121 Å². The lowest BCUT2D eigenvalue weighted by Gasteiger charge is -2.18. The summed E-state index contributed by atoms with van der Waals surface area (Å²) < 4.78 is 1.17. The van der Waals surface area contributed by atoms with Crippen molar-refractivity contribution >= 4 is 27.3 Å². The third-order valence-corrected chi connectivity index (χ3v) is 4.59. The Morgan fingerprint density at radius 3 is 2.89 bits per heavy atom. The van der Waals surface area contributed by atoms with Crippen LogP contribution in [0.15, 0.2) is 34.4 Å². The van der Waals surface area contributed by atoms with Gasteiger partial charge in [-0.3, -0.25) is 4.98 Å². The lowest BCUT2D eigenvalue weighted by molar-refractivity contribution is 0.552. The molecule has 2 rings (SSSR count). The van der Waals surface area contributed by atoms with E-state index >= 15 is 0 Å². The second kappa shape index (κ2) is 6.45. The van der Waals surface area contributed by atoms with Gasteiger partial charge in [-0.05, 0) is 30.7 Å². The Kier molecular flexibility index (Phi) is 4.92. The summed E-state index contributed by atoms with van der Waals surface area (Å²) in [5.41, 5.74) is 4.48. The van der Waals surface area contributed by atoms with Crippen molar-refractivity contribution in [3.63, 3.8) is 0 Å². The first kappa shape index (κ1) is 13.7. The molecule has 1 unspecified atom stereocenters. The molecule has 1 N–H and O–H groups in total. The second-order valence-corrected chi connectivity index (χ2v) is 6.12. The topological polar surface area (TPSA) is 24.9 Å². The average Bonchev–Trinajstić information content (AvgIpc) is 2.85. The van der Waals surface area contributed by atoms with E-state index in [1.165, 1.54) is 20.5 Å². The number of nitrogens with one attached hydrogen (secondary N) is 1. The maximum atomic E-state index is 4.14. The molecule has 96 valence electrons. The Balaban J connectivity index is 2.20. The zero-order valence-electron chi connectivity index (χ0n) is 10.6. The third kappa shape index (κ3) is 3.40. The van der Waals surface area contributed by atoms with E-state index in [9.17, 15) is 0 Å². The summed E-state index contributed by atoms with van der Waals surface area (Å²) in [6, 6.07) is 6.93. The van der Waals surface area contributed by atoms with Gasteiger partial charge in [-0.15, -0.1) is 11.3 Å². The molecule has 0 aliphatic heterocycles. The van der Waals surface area contributed by atoms with Crippen molar-refractivity contribution < 1.29 is 0 Å². The molecule has 2 nitrogen and oxygen atoms in total. The molecule has 18 heavy (non-hydrogen) atoms. The summed E-state index contributed by atoms with van der Waals surface area (Å²) in [4.78, 5) is 5.46. The van der Waals surface area contributed by atoms with E-state index in [1.54, 1.807) is 11.3 Å². The monoisotopic (exact) mass is 324 g/mol. The molecular formula is C14H17BrN2S. The zero-order chi connectivity index (χ0) is 13.0. The van der Waals surface area contributed by atoms with Crippen LogP contribution in [-0.2, 0) is 6.42 Å². The fourth-order valence-corrected chi connectivity index (χ4v) is 2.96. The predicted octanol–water partition coefficient (Wildman–Crippen LogP) is 4.11. The Morgan fingerprint density at radius 1 is 1.44 bits per heavy atom. The molecule has 0 radical (unpaired) electrons. The molecule has 2 aromatic rings. The first-order chi connectivity index (χ1) is 8.70. The Bertz CT molecular complexity index is 497. The molecule has 0 bridgehead atoms. The van der Waals surface area contributed by atoms with Gasteiger partial charge in [0.05, 0.1) is 5.51 Å². The summed E-state index contributed by atoms with van der Waals surface area (Å²) in [5, 5.41) is 3.54. The maximum Gasteiger partial charge on any atom is 0.0794 e. The molecule has 1 aromatic carbocycles. The van der Waals surface area contributed by atoms with Crippen molar-refractivity contribution in [2.24, 2.45) is 0 Å². The number of halogens is 1. The number of hydrogen-bond acceptors (Lipinski definition) is 3. The fraction of sp³-hybridized carbons (Fsp3) is 0.357. The number of aryl methyl sites for hydroxylation is 1. The van der Waals surface area contributed by atoms with Crippen LogP contribution in [0.2, 0.25) is 0 Å². The predicted molar refractivity (Wildman–Crippen MR) is 81.1 cm³/mol. The minimum atomic E-state index is 0.354. The molecule has 0 aliphatic carbocycles. The van der Waals surface area contributed by atoms with Gasteiger partial charge in [0.25, 0.3) is 0 Å².